The molecule has 0 heterocycles. The van der Waals surface area contributed by atoms with Crippen molar-refractivity contribution in [3.63, 3.8) is 0 Å². The first-order valence-electron chi connectivity index (χ1n) is 22.4. The van der Waals surface area contributed by atoms with E-state index in [1.54, 1.807) is 0 Å². The zero-order chi connectivity index (χ0) is 42.8. The van der Waals surface area contributed by atoms with E-state index in [2.05, 4.69) is 50.3 Å². The van der Waals surface area contributed by atoms with Crippen LogP contribution in [0.5, 0.6) is 0 Å². The van der Waals surface area contributed by atoms with E-state index in [1.165, 1.54) is 51.4 Å². The molecule has 58 heavy (non-hydrogen) atoms. The highest BCUT2D eigenvalue weighted by Gasteiger charge is 2.31. The van der Waals surface area contributed by atoms with Crippen molar-refractivity contribution in [2.45, 2.75) is 161 Å². The van der Waals surface area contributed by atoms with Gasteiger partial charge >= 0.3 is 17.9 Å². The number of nitrogens with zero attached hydrogens (tertiary/aromatic N) is 1. The van der Waals surface area contributed by atoms with Crippen molar-refractivity contribution in [2.24, 2.45) is 0 Å². The van der Waals surface area contributed by atoms with E-state index in [0.29, 0.717) is 19.3 Å². The fraction of sp³-hybridized carbons (Fsp3) is 0.620. The second kappa shape index (κ2) is 40.0. The molecular formula is C50H82NO7+. The van der Waals surface area contributed by atoms with Gasteiger partial charge in [0.15, 0.2) is 12.1 Å². The van der Waals surface area contributed by atoms with E-state index in [0.717, 1.165) is 57.8 Å². The average molecular weight is 809 g/mol. The molecule has 2 atom stereocenters. The van der Waals surface area contributed by atoms with Gasteiger partial charge in [-0.25, -0.2) is 4.79 Å². The molecule has 2 unspecified atom stereocenters. The van der Waals surface area contributed by atoms with Gasteiger partial charge in [-0.1, -0.05) is 162 Å². The second-order valence-corrected chi connectivity index (χ2v) is 15.7. The Morgan fingerprint density at radius 1 is 0.552 bits per heavy atom. The van der Waals surface area contributed by atoms with Crippen LogP contribution >= 0.6 is 0 Å². The molecule has 8 nitrogen and oxygen atoms in total. The van der Waals surface area contributed by atoms with Crippen LogP contribution in [-0.2, 0) is 28.6 Å². The highest BCUT2D eigenvalue weighted by molar-refractivity contribution is 5.72. The van der Waals surface area contributed by atoms with Gasteiger partial charge in [-0.2, -0.15) is 0 Å². The standard InChI is InChI=1S/C50H81NO7/c1-6-8-10-12-14-16-18-20-22-24-26-28-30-32-34-36-38-40-48(52)57-45-46(44-56-43-42-47(50(54)55)51(3,4)5)58-49(53)41-39-37-35-33-31-29-27-25-23-21-19-17-15-13-11-9-7-2/h9,11,13-17,19-23,25,27,29,31,46-47H,6-8,10,12,18,24,26,28,30,32-45H2,1-5H3/p+1/b11-9+,15-13+,16-14+,19-17+,22-20+,23-21+,27-25+,31-29+. The van der Waals surface area contributed by atoms with E-state index in [-0.39, 0.29) is 42.7 Å². The molecule has 0 aliphatic heterocycles. The van der Waals surface area contributed by atoms with E-state index in [9.17, 15) is 19.5 Å². The van der Waals surface area contributed by atoms with Crippen molar-refractivity contribution >= 4 is 17.9 Å². The van der Waals surface area contributed by atoms with Gasteiger partial charge < -0.3 is 23.8 Å². The van der Waals surface area contributed by atoms with Crippen LogP contribution in [0.15, 0.2) is 97.2 Å². The number of carbonyl (C=O) groups excluding carboxylic acids is 2. The first-order valence-corrected chi connectivity index (χ1v) is 22.4. The van der Waals surface area contributed by atoms with Crippen LogP contribution in [0.4, 0.5) is 0 Å². The molecule has 0 bridgehead atoms. The molecule has 328 valence electrons. The minimum Gasteiger partial charge on any atom is -0.477 e. The zero-order valence-electron chi connectivity index (χ0n) is 37.2. The van der Waals surface area contributed by atoms with Crippen LogP contribution in [-0.4, -0.2) is 80.6 Å². The van der Waals surface area contributed by atoms with E-state index in [1.807, 2.05) is 81.9 Å². The smallest absolute Gasteiger partial charge is 0.362 e. The molecule has 0 rings (SSSR count). The summed E-state index contributed by atoms with van der Waals surface area (Å²) in [5.41, 5.74) is 0. The Kier molecular flexibility index (Phi) is 37.5. The quantitative estimate of drug-likeness (QED) is 0.0218. The number of carboxylic acids is 1. The molecule has 0 aromatic rings. The first-order chi connectivity index (χ1) is 28.1. The third-order valence-electron chi connectivity index (χ3n) is 9.38. The molecule has 0 amide bonds. The van der Waals surface area contributed by atoms with Gasteiger partial charge in [0.2, 0.25) is 0 Å². The molecule has 0 aliphatic carbocycles. The zero-order valence-corrected chi connectivity index (χ0v) is 37.2. The third kappa shape index (κ3) is 37.8. The number of allylic oxidation sites excluding steroid dienone is 16. The Balaban J connectivity index is 4.47. The van der Waals surface area contributed by atoms with Crippen LogP contribution in [0.25, 0.3) is 0 Å². The number of hydrogen-bond acceptors (Lipinski definition) is 6. The average Bonchev–Trinajstić information content (AvgIpc) is 3.18. The maximum absolute atomic E-state index is 12.7. The van der Waals surface area contributed by atoms with E-state index < -0.39 is 18.1 Å². The Morgan fingerprint density at radius 2 is 1.03 bits per heavy atom. The molecule has 0 aliphatic rings. The van der Waals surface area contributed by atoms with Crippen molar-refractivity contribution in [3.8, 4) is 0 Å². The number of rotatable bonds is 38. The number of carboxylic acid groups (broad SMARTS) is 1. The fourth-order valence-corrected chi connectivity index (χ4v) is 5.92. The van der Waals surface area contributed by atoms with Gasteiger partial charge in [-0.15, -0.1) is 0 Å². The van der Waals surface area contributed by atoms with Gasteiger partial charge in [0.25, 0.3) is 0 Å². The first kappa shape index (κ1) is 54.2. The van der Waals surface area contributed by atoms with Gasteiger partial charge in [-0.3, -0.25) is 9.59 Å². The van der Waals surface area contributed by atoms with Crippen LogP contribution in [0, 0.1) is 0 Å². The summed E-state index contributed by atoms with van der Waals surface area (Å²) in [5.74, 6) is -1.55. The summed E-state index contributed by atoms with van der Waals surface area (Å²) in [6, 6.07) is -0.630. The number of quaternary nitrogens is 1. The summed E-state index contributed by atoms with van der Waals surface area (Å²) in [6.07, 6.45) is 53.0. The third-order valence-corrected chi connectivity index (χ3v) is 9.38. The summed E-state index contributed by atoms with van der Waals surface area (Å²) < 4.78 is 17.2. The summed E-state index contributed by atoms with van der Waals surface area (Å²) in [6.45, 7) is 4.49. The Morgan fingerprint density at radius 3 is 1.59 bits per heavy atom. The van der Waals surface area contributed by atoms with Crippen molar-refractivity contribution in [2.75, 3.05) is 41.0 Å². The molecule has 0 fully saturated rings. The Bertz CT molecular complexity index is 1260. The molecule has 0 radical (unpaired) electrons. The van der Waals surface area contributed by atoms with E-state index >= 15 is 0 Å². The lowest BCUT2D eigenvalue weighted by atomic mass is 10.1. The van der Waals surface area contributed by atoms with Crippen LogP contribution in [0.1, 0.15) is 149 Å². The Hall–Kier alpha value is -3.75. The molecule has 0 saturated heterocycles. The van der Waals surface area contributed by atoms with Crippen molar-refractivity contribution in [1.82, 2.24) is 0 Å². The van der Waals surface area contributed by atoms with Gasteiger partial charge in [0.05, 0.1) is 34.4 Å². The maximum atomic E-state index is 12.7. The number of hydrogen-bond donors (Lipinski definition) is 1. The minimum absolute atomic E-state index is 0.0337. The predicted molar refractivity (Wildman–Crippen MR) is 243 cm³/mol. The van der Waals surface area contributed by atoms with E-state index in [4.69, 9.17) is 14.2 Å². The predicted octanol–water partition coefficient (Wildman–Crippen LogP) is 12.3. The second-order valence-electron chi connectivity index (χ2n) is 15.7. The number of carbonyl (C=O) groups is 3. The summed E-state index contributed by atoms with van der Waals surface area (Å²) in [4.78, 5) is 37.0. The largest absolute Gasteiger partial charge is 0.477 e. The lowest BCUT2D eigenvalue weighted by molar-refractivity contribution is -0.887. The molecule has 8 heteroatoms. The molecule has 0 aromatic heterocycles. The molecule has 0 saturated carbocycles. The number of esters is 2. The van der Waals surface area contributed by atoms with Crippen molar-refractivity contribution < 1.29 is 38.2 Å². The monoisotopic (exact) mass is 809 g/mol. The highest BCUT2D eigenvalue weighted by Crippen LogP contribution is 2.13. The fourth-order valence-electron chi connectivity index (χ4n) is 5.92. The maximum Gasteiger partial charge on any atom is 0.362 e. The molecule has 0 spiro atoms. The number of unbranched alkanes of at least 4 members (excludes halogenated alkanes) is 13. The normalized spacial score (nSPS) is 13.9. The molecular weight excluding hydrogens is 727 g/mol. The Labute approximate surface area is 354 Å². The van der Waals surface area contributed by atoms with Crippen molar-refractivity contribution in [3.05, 3.63) is 97.2 Å². The van der Waals surface area contributed by atoms with Gasteiger partial charge in [0.1, 0.15) is 6.61 Å². The number of likely N-dealkylation sites (N-methyl/N-ethyl adjacent to an activating group) is 1. The number of ether oxygens (including phenoxy) is 3. The van der Waals surface area contributed by atoms with Gasteiger partial charge in [0, 0.05) is 19.3 Å². The van der Waals surface area contributed by atoms with Crippen LogP contribution in [0.2, 0.25) is 0 Å². The van der Waals surface area contributed by atoms with Crippen molar-refractivity contribution in [1.29, 1.82) is 0 Å². The van der Waals surface area contributed by atoms with Crippen LogP contribution < -0.4 is 0 Å². The summed E-state index contributed by atoms with van der Waals surface area (Å²) >= 11 is 0. The summed E-state index contributed by atoms with van der Waals surface area (Å²) in [7, 11) is 5.49. The SMILES string of the molecule is CC/C=C/C=C/C=C/C=C/C=C/C=C/CCCCCC(=O)OC(COCCC(C(=O)O)[N+](C)(C)C)COC(=O)CCCCCCCCC/C=C/C/C=C/CCCCC. The molecule has 0 aromatic carbocycles. The topological polar surface area (TPSA) is 99.1 Å². The van der Waals surface area contributed by atoms with Crippen LogP contribution in [0.3, 0.4) is 0 Å². The summed E-state index contributed by atoms with van der Waals surface area (Å²) in [5, 5.41) is 9.62. The molecule has 1 N–H and O–H groups in total. The number of aliphatic carboxylic acids is 1. The lowest BCUT2D eigenvalue weighted by Crippen LogP contribution is -2.50. The van der Waals surface area contributed by atoms with Gasteiger partial charge in [-0.05, 0) is 64.2 Å². The lowest BCUT2D eigenvalue weighted by Gasteiger charge is -2.31. The minimum atomic E-state index is -0.889. The highest BCUT2D eigenvalue weighted by atomic mass is 16.6.